The summed E-state index contributed by atoms with van der Waals surface area (Å²) in [6.07, 6.45) is -1.22. The van der Waals surface area contributed by atoms with Gasteiger partial charge in [0.2, 0.25) is 5.91 Å². The number of carbonyl (C=O) groups is 3. The molecule has 8 nitrogen and oxygen atoms in total. The van der Waals surface area contributed by atoms with Crippen LogP contribution in [0, 0.1) is 5.92 Å². The second kappa shape index (κ2) is 9.85. The molecule has 2 aromatic rings. The first-order valence-electron chi connectivity index (χ1n) is 11.6. The van der Waals surface area contributed by atoms with Crippen molar-refractivity contribution in [2.45, 2.75) is 44.9 Å². The van der Waals surface area contributed by atoms with Crippen molar-refractivity contribution in [3.8, 4) is 11.1 Å². The predicted octanol–water partition coefficient (Wildman–Crippen LogP) is 3.25. The third-order valence-corrected chi connectivity index (χ3v) is 6.86. The molecular formula is C26H30N2O6. The van der Waals surface area contributed by atoms with Crippen molar-refractivity contribution in [3.05, 3.63) is 59.7 Å². The van der Waals surface area contributed by atoms with Crippen LogP contribution in [0.1, 0.15) is 37.8 Å². The number of carboxylic acids is 1. The highest BCUT2D eigenvalue weighted by Crippen LogP contribution is 2.44. The van der Waals surface area contributed by atoms with Crippen molar-refractivity contribution >= 4 is 18.0 Å². The summed E-state index contributed by atoms with van der Waals surface area (Å²) < 4.78 is 11.0. The Labute approximate surface area is 198 Å². The van der Waals surface area contributed by atoms with E-state index in [1.807, 2.05) is 36.4 Å². The van der Waals surface area contributed by atoms with Gasteiger partial charge in [0.25, 0.3) is 0 Å². The standard InChI is InChI=1S/C26H30N2O6/c1-15(24(29)28-12-13-33-17(3)23(28)25(30)31)16(2)27-26(32)34-14-22-20-10-6-4-8-18(20)19-9-5-7-11-21(19)22/h4-11,15-17,22-23H,12-14H2,1-3H3,(H,27,32)(H,30,31). The first kappa shape index (κ1) is 23.8. The minimum atomic E-state index is -1.11. The van der Waals surface area contributed by atoms with E-state index in [1.54, 1.807) is 20.8 Å². The summed E-state index contributed by atoms with van der Waals surface area (Å²) in [5, 5.41) is 12.3. The maximum atomic E-state index is 13.0. The van der Waals surface area contributed by atoms with Crippen LogP contribution in [0.4, 0.5) is 4.79 Å². The van der Waals surface area contributed by atoms with Gasteiger partial charge >= 0.3 is 12.1 Å². The van der Waals surface area contributed by atoms with Gasteiger partial charge in [-0.1, -0.05) is 55.5 Å². The number of rotatable bonds is 6. The lowest BCUT2D eigenvalue weighted by molar-refractivity contribution is -0.166. The summed E-state index contributed by atoms with van der Waals surface area (Å²) in [5.41, 5.74) is 4.53. The maximum absolute atomic E-state index is 13.0. The largest absolute Gasteiger partial charge is 0.480 e. The van der Waals surface area contributed by atoms with Crippen LogP contribution >= 0.6 is 0 Å². The third kappa shape index (κ3) is 4.50. The topological polar surface area (TPSA) is 105 Å². The first-order valence-corrected chi connectivity index (χ1v) is 11.6. The summed E-state index contributed by atoms with van der Waals surface area (Å²) in [4.78, 5) is 38.6. The summed E-state index contributed by atoms with van der Waals surface area (Å²) in [7, 11) is 0. The van der Waals surface area contributed by atoms with Crippen molar-refractivity contribution < 1.29 is 29.0 Å². The Bertz CT molecular complexity index is 1040. The van der Waals surface area contributed by atoms with Crippen LogP contribution in [-0.4, -0.2) is 65.9 Å². The van der Waals surface area contributed by atoms with E-state index in [2.05, 4.69) is 17.4 Å². The summed E-state index contributed by atoms with van der Waals surface area (Å²) >= 11 is 0. The number of alkyl carbamates (subject to hydrolysis) is 1. The number of fused-ring (bicyclic) bond motifs is 3. The molecule has 1 heterocycles. The molecule has 0 saturated carbocycles. The Morgan fingerprint density at radius 1 is 1.09 bits per heavy atom. The number of hydrogen-bond donors (Lipinski definition) is 2. The lowest BCUT2D eigenvalue weighted by atomic mass is 9.98. The van der Waals surface area contributed by atoms with Crippen LogP contribution < -0.4 is 5.32 Å². The van der Waals surface area contributed by atoms with Crippen LogP contribution in [0.5, 0.6) is 0 Å². The fourth-order valence-corrected chi connectivity index (χ4v) is 4.83. The van der Waals surface area contributed by atoms with Gasteiger partial charge in [0.05, 0.1) is 18.6 Å². The molecule has 1 aliphatic heterocycles. The zero-order valence-electron chi connectivity index (χ0n) is 19.6. The van der Waals surface area contributed by atoms with Crippen molar-refractivity contribution in [1.82, 2.24) is 10.2 Å². The molecule has 4 atom stereocenters. The number of amides is 2. The molecule has 1 aliphatic carbocycles. The zero-order valence-corrected chi connectivity index (χ0v) is 19.6. The Morgan fingerprint density at radius 3 is 2.26 bits per heavy atom. The van der Waals surface area contributed by atoms with Crippen LogP contribution in [0.3, 0.4) is 0 Å². The highest BCUT2D eigenvalue weighted by molar-refractivity contribution is 5.86. The quantitative estimate of drug-likeness (QED) is 0.677. The van der Waals surface area contributed by atoms with E-state index in [9.17, 15) is 19.5 Å². The van der Waals surface area contributed by atoms with Crippen molar-refractivity contribution in [2.24, 2.45) is 5.92 Å². The summed E-state index contributed by atoms with van der Waals surface area (Å²) in [5.74, 6) is -2.13. The number of nitrogens with zero attached hydrogens (tertiary/aromatic N) is 1. The molecule has 8 heteroatoms. The van der Waals surface area contributed by atoms with Gasteiger partial charge in [0.1, 0.15) is 6.61 Å². The zero-order chi connectivity index (χ0) is 24.4. The Kier molecular flexibility index (Phi) is 6.88. The number of ether oxygens (including phenoxy) is 2. The van der Waals surface area contributed by atoms with Gasteiger partial charge in [-0.05, 0) is 36.1 Å². The fraction of sp³-hybridized carbons (Fsp3) is 0.423. The summed E-state index contributed by atoms with van der Waals surface area (Å²) in [6, 6.07) is 14.6. The predicted molar refractivity (Wildman–Crippen MR) is 125 cm³/mol. The third-order valence-electron chi connectivity index (χ3n) is 6.86. The number of morpholine rings is 1. The van der Waals surface area contributed by atoms with Gasteiger partial charge in [-0.3, -0.25) is 4.79 Å². The van der Waals surface area contributed by atoms with Crippen LogP contribution in [-0.2, 0) is 19.1 Å². The number of hydrogen-bond acceptors (Lipinski definition) is 5. The molecule has 4 rings (SSSR count). The van der Waals surface area contributed by atoms with E-state index in [0.29, 0.717) is 0 Å². The molecule has 0 radical (unpaired) electrons. The molecule has 0 spiro atoms. The minimum absolute atomic E-state index is 0.0568. The average Bonchev–Trinajstić information content (AvgIpc) is 3.15. The molecule has 180 valence electrons. The fourth-order valence-electron chi connectivity index (χ4n) is 4.83. The lowest BCUT2D eigenvalue weighted by Crippen LogP contribution is -2.59. The van der Waals surface area contributed by atoms with Gasteiger partial charge in [-0.2, -0.15) is 0 Å². The van der Waals surface area contributed by atoms with Crippen molar-refractivity contribution in [1.29, 1.82) is 0 Å². The number of nitrogens with one attached hydrogen (secondary N) is 1. The minimum Gasteiger partial charge on any atom is -0.480 e. The molecule has 0 aromatic heterocycles. The van der Waals surface area contributed by atoms with Gasteiger partial charge in [0, 0.05) is 18.5 Å². The molecule has 2 aliphatic rings. The molecule has 34 heavy (non-hydrogen) atoms. The van der Waals surface area contributed by atoms with Gasteiger partial charge in [-0.25, -0.2) is 9.59 Å². The molecule has 1 fully saturated rings. The van der Waals surface area contributed by atoms with Gasteiger partial charge in [-0.15, -0.1) is 0 Å². The van der Waals surface area contributed by atoms with Gasteiger partial charge < -0.3 is 24.8 Å². The highest BCUT2D eigenvalue weighted by Gasteiger charge is 2.40. The van der Waals surface area contributed by atoms with E-state index in [4.69, 9.17) is 9.47 Å². The second-order valence-corrected chi connectivity index (χ2v) is 8.94. The molecule has 1 saturated heterocycles. The highest BCUT2D eigenvalue weighted by atomic mass is 16.5. The van der Waals surface area contributed by atoms with Gasteiger partial charge in [0.15, 0.2) is 6.04 Å². The van der Waals surface area contributed by atoms with Crippen LogP contribution in [0.15, 0.2) is 48.5 Å². The van der Waals surface area contributed by atoms with E-state index in [0.717, 1.165) is 22.3 Å². The summed E-state index contributed by atoms with van der Waals surface area (Å²) in [6.45, 7) is 5.68. The maximum Gasteiger partial charge on any atom is 0.407 e. The molecule has 0 bridgehead atoms. The number of carbonyl (C=O) groups excluding carboxylic acids is 2. The van der Waals surface area contributed by atoms with Crippen molar-refractivity contribution in [3.63, 3.8) is 0 Å². The number of benzene rings is 2. The van der Waals surface area contributed by atoms with E-state index in [1.165, 1.54) is 4.90 Å². The molecule has 2 amide bonds. The molecule has 2 aromatic carbocycles. The molecule has 4 unspecified atom stereocenters. The van der Waals surface area contributed by atoms with Crippen LogP contribution in [0.25, 0.3) is 11.1 Å². The van der Waals surface area contributed by atoms with E-state index in [-0.39, 0.29) is 31.6 Å². The number of aliphatic carboxylic acids is 1. The number of carboxylic acid groups (broad SMARTS) is 1. The Hall–Kier alpha value is -3.39. The van der Waals surface area contributed by atoms with E-state index >= 15 is 0 Å². The Balaban J connectivity index is 1.37. The molecule has 2 N–H and O–H groups in total. The normalized spacial score (nSPS) is 21.2. The monoisotopic (exact) mass is 466 g/mol. The van der Waals surface area contributed by atoms with Crippen LogP contribution in [0.2, 0.25) is 0 Å². The van der Waals surface area contributed by atoms with Crippen molar-refractivity contribution in [2.75, 3.05) is 19.8 Å². The lowest BCUT2D eigenvalue weighted by Gasteiger charge is -2.39. The SMILES string of the molecule is CC(NC(=O)OCC1c2ccccc2-c2ccccc21)C(C)C(=O)N1CCOC(C)C1C(=O)O. The first-order chi connectivity index (χ1) is 16.3. The average molecular weight is 467 g/mol. The molecular weight excluding hydrogens is 436 g/mol. The second-order valence-electron chi connectivity index (χ2n) is 8.94. The van der Waals surface area contributed by atoms with E-state index < -0.39 is 36.2 Å². The Morgan fingerprint density at radius 2 is 1.68 bits per heavy atom. The smallest absolute Gasteiger partial charge is 0.407 e.